The number of hydrogen-bond donors (Lipinski definition) is 1. The second-order valence-corrected chi connectivity index (χ2v) is 6.05. The van der Waals surface area contributed by atoms with Crippen molar-refractivity contribution in [2.24, 2.45) is 0 Å². The van der Waals surface area contributed by atoms with E-state index >= 15 is 0 Å². The van der Waals surface area contributed by atoms with Crippen LogP contribution in [0, 0.1) is 0 Å². The Labute approximate surface area is 147 Å². The minimum atomic E-state index is -1.16. The molecule has 0 bridgehead atoms. The van der Waals surface area contributed by atoms with Crippen molar-refractivity contribution in [3.63, 3.8) is 0 Å². The Balaban J connectivity index is 2.05. The van der Waals surface area contributed by atoms with Crippen molar-refractivity contribution >= 4 is 17.9 Å². The van der Waals surface area contributed by atoms with Gasteiger partial charge in [-0.15, -0.1) is 0 Å². The van der Waals surface area contributed by atoms with Gasteiger partial charge in [-0.1, -0.05) is 30.3 Å². The van der Waals surface area contributed by atoms with Gasteiger partial charge >= 0.3 is 5.97 Å². The van der Waals surface area contributed by atoms with E-state index in [0.717, 1.165) is 23.1 Å². The average molecular weight is 339 g/mol. The number of anilines is 1. The summed E-state index contributed by atoms with van der Waals surface area (Å²) in [4.78, 5) is 24.8. The standard InChI is InChI=1S/C20H21NO4/c1-3-25-19(23)20(12-14-7-6-8-15(11-14)24-2)17(13-22)16-9-4-5-10-18(16)21-20/h4-11,13,17,21H,3,12H2,1-2H3. The predicted molar refractivity (Wildman–Crippen MR) is 94.9 cm³/mol. The first-order chi connectivity index (χ1) is 12.1. The van der Waals surface area contributed by atoms with Gasteiger partial charge in [0.25, 0.3) is 0 Å². The molecule has 0 aromatic heterocycles. The largest absolute Gasteiger partial charge is 0.497 e. The Morgan fingerprint density at radius 2 is 2.04 bits per heavy atom. The number of ether oxygens (including phenoxy) is 2. The van der Waals surface area contributed by atoms with Gasteiger partial charge in [-0.25, -0.2) is 4.79 Å². The molecule has 5 nitrogen and oxygen atoms in total. The maximum Gasteiger partial charge on any atom is 0.333 e. The lowest BCUT2D eigenvalue weighted by atomic mass is 9.79. The number of nitrogens with one attached hydrogen (secondary N) is 1. The van der Waals surface area contributed by atoms with Gasteiger partial charge in [0.1, 0.15) is 12.0 Å². The summed E-state index contributed by atoms with van der Waals surface area (Å²) in [6.07, 6.45) is 1.15. The monoisotopic (exact) mass is 339 g/mol. The zero-order valence-electron chi connectivity index (χ0n) is 14.3. The van der Waals surface area contributed by atoms with Crippen molar-refractivity contribution in [3.05, 3.63) is 59.7 Å². The molecule has 1 N–H and O–H groups in total. The summed E-state index contributed by atoms with van der Waals surface area (Å²) in [5, 5.41) is 3.27. The van der Waals surface area contributed by atoms with Gasteiger partial charge in [0.2, 0.25) is 0 Å². The first-order valence-electron chi connectivity index (χ1n) is 8.27. The number of carbonyl (C=O) groups excluding carboxylic acids is 2. The normalized spacial score (nSPS) is 21.1. The fourth-order valence-electron chi connectivity index (χ4n) is 3.42. The molecule has 0 saturated heterocycles. The van der Waals surface area contributed by atoms with Crippen molar-refractivity contribution in [1.29, 1.82) is 0 Å². The van der Waals surface area contributed by atoms with Gasteiger partial charge in [0.05, 0.1) is 19.6 Å². The van der Waals surface area contributed by atoms with Gasteiger partial charge in [-0.3, -0.25) is 0 Å². The van der Waals surface area contributed by atoms with E-state index in [9.17, 15) is 9.59 Å². The average Bonchev–Trinajstić information content (AvgIpc) is 2.96. The van der Waals surface area contributed by atoms with Gasteiger partial charge in [0, 0.05) is 12.1 Å². The quantitative estimate of drug-likeness (QED) is 0.647. The van der Waals surface area contributed by atoms with E-state index in [0.29, 0.717) is 12.2 Å². The van der Waals surface area contributed by atoms with Gasteiger partial charge in [-0.2, -0.15) is 0 Å². The number of fused-ring (bicyclic) bond motifs is 1. The lowest BCUT2D eigenvalue weighted by Crippen LogP contribution is -2.51. The number of carbonyl (C=O) groups is 2. The van der Waals surface area contributed by atoms with Crippen LogP contribution in [0.2, 0.25) is 0 Å². The summed E-state index contributed by atoms with van der Waals surface area (Å²) in [7, 11) is 1.60. The van der Waals surface area contributed by atoms with Gasteiger partial charge in [-0.05, 0) is 36.2 Å². The highest BCUT2D eigenvalue weighted by molar-refractivity contribution is 5.95. The van der Waals surface area contributed by atoms with Crippen molar-refractivity contribution in [3.8, 4) is 5.75 Å². The Bertz CT molecular complexity index is 789. The summed E-state index contributed by atoms with van der Waals surface area (Å²) < 4.78 is 10.6. The third kappa shape index (κ3) is 2.97. The molecule has 1 heterocycles. The highest BCUT2D eigenvalue weighted by atomic mass is 16.5. The van der Waals surface area contributed by atoms with Crippen LogP contribution >= 0.6 is 0 Å². The molecule has 2 aromatic carbocycles. The number of esters is 1. The third-order valence-electron chi connectivity index (χ3n) is 4.58. The van der Waals surface area contributed by atoms with Crippen molar-refractivity contribution < 1.29 is 19.1 Å². The Hall–Kier alpha value is -2.82. The molecule has 5 heteroatoms. The Morgan fingerprint density at radius 1 is 1.24 bits per heavy atom. The maximum absolute atomic E-state index is 12.9. The summed E-state index contributed by atoms with van der Waals surface area (Å²) in [5.41, 5.74) is 1.33. The highest BCUT2D eigenvalue weighted by Gasteiger charge is 2.52. The summed E-state index contributed by atoms with van der Waals surface area (Å²) in [6, 6.07) is 15.0. The van der Waals surface area contributed by atoms with Crippen LogP contribution in [0.1, 0.15) is 24.0 Å². The number of benzene rings is 2. The van der Waals surface area contributed by atoms with Gasteiger partial charge < -0.3 is 19.6 Å². The van der Waals surface area contributed by atoms with Crippen LogP contribution < -0.4 is 10.1 Å². The van der Waals surface area contributed by atoms with Crippen molar-refractivity contribution in [1.82, 2.24) is 0 Å². The first kappa shape index (κ1) is 17.0. The zero-order chi connectivity index (χ0) is 17.9. The van der Waals surface area contributed by atoms with Crippen LogP contribution in [0.4, 0.5) is 5.69 Å². The van der Waals surface area contributed by atoms with E-state index in [1.807, 2.05) is 48.5 Å². The zero-order valence-corrected chi connectivity index (χ0v) is 14.3. The molecule has 0 fully saturated rings. The molecular formula is C20H21NO4. The molecule has 1 aliphatic heterocycles. The predicted octanol–water partition coefficient (Wildman–Crippen LogP) is 2.95. The number of rotatable bonds is 6. The second kappa shape index (κ2) is 6.97. The topological polar surface area (TPSA) is 64.6 Å². The maximum atomic E-state index is 12.9. The summed E-state index contributed by atoms with van der Waals surface area (Å²) >= 11 is 0. The fraction of sp³-hybridized carbons (Fsp3) is 0.300. The molecule has 2 atom stereocenters. The molecule has 1 aliphatic rings. The van der Waals surface area contributed by atoms with E-state index in [1.165, 1.54) is 0 Å². The molecule has 0 radical (unpaired) electrons. The van der Waals surface area contributed by atoms with E-state index in [1.54, 1.807) is 14.0 Å². The molecule has 130 valence electrons. The van der Waals surface area contributed by atoms with E-state index < -0.39 is 17.4 Å². The van der Waals surface area contributed by atoms with E-state index in [2.05, 4.69) is 5.32 Å². The molecule has 2 unspecified atom stereocenters. The lowest BCUT2D eigenvalue weighted by Gasteiger charge is -2.31. The fourth-order valence-corrected chi connectivity index (χ4v) is 3.42. The minimum absolute atomic E-state index is 0.252. The Kier molecular flexibility index (Phi) is 4.74. The van der Waals surface area contributed by atoms with Crippen LogP contribution in [-0.2, 0) is 20.7 Å². The van der Waals surface area contributed by atoms with Crippen LogP contribution in [0.5, 0.6) is 5.75 Å². The number of hydrogen-bond acceptors (Lipinski definition) is 5. The molecule has 2 aromatic rings. The number of aldehydes is 1. The van der Waals surface area contributed by atoms with Crippen LogP contribution in [-0.4, -0.2) is 31.5 Å². The number of methoxy groups -OCH3 is 1. The molecule has 0 saturated carbocycles. The van der Waals surface area contributed by atoms with E-state index in [-0.39, 0.29) is 6.61 Å². The Morgan fingerprint density at radius 3 is 2.76 bits per heavy atom. The molecule has 0 amide bonds. The van der Waals surface area contributed by atoms with Crippen LogP contribution in [0.25, 0.3) is 0 Å². The van der Waals surface area contributed by atoms with Gasteiger partial charge in [0.15, 0.2) is 5.54 Å². The summed E-state index contributed by atoms with van der Waals surface area (Å²) in [5.74, 6) is -0.338. The van der Waals surface area contributed by atoms with Crippen LogP contribution in [0.15, 0.2) is 48.5 Å². The summed E-state index contributed by atoms with van der Waals surface area (Å²) in [6.45, 7) is 2.01. The van der Waals surface area contributed by atoms with E-state index in [4.69, 9.17) is 9.47 Å². The second-order valence-electron chi connectivity index (χ2n) is 6.05. The smallest absolute Gasteiger partial charge is 0.333 e. The third-order valence-corrected chi connectivity index (χ3v) is 4.58. The lowest BCUT2D eigenvalue weighted by molar-refractivity contribution is -0.150. The first-order valence-corrected chi connectivity index (χ1v) is 8.27. The molecule has 0 aliphatic carbocycles. The highest BCUT2D eigenvalue weighted by Crippen LogP contribution is 2.44. The molecular weight excluding hydrogens is 318 g/mol. The molecule has 0 spiro atoms. The number of para-hydroxylation sites is 1. The molecule has 25 heavy (non-hydrogen) atoms. The molecule has 3 rings (SSSR count). The van der Waals surface area contributed by atoms with Crippen LogP contribution in [0.3, 0.4) is 0 Å². The SMILES string of the molecule is CCOC(=O)C1(Cc2cccc(OC)c2)Nc2ccccc2C1C=O. The van der Waals surface area contributed by atoms with Crippen molar-refractivity contribution in [2.75, 3.05) is 19.0 Å². The van der Waals surface area contributed by atoms with Crippen molar-refractivity contribution in [2.45, 2.75) is 24.8 Å². The minimum Gasteiger partial charge on any atom is -0.497 e.